The van der Waals surface area contributed by atoms with Gasteiger partial charge in [-0.2, -0.15) is 0 Å². The van der Waals surface area contributed by atoms with Gasteiger partial charge in [0.05, 0.1) is 7.11 Å². The van der Waals surface area contributed by atoms with Crippen molar-refractivity contribution in [2.24, 2.45) is 0 Å². The van der Waals surface area contributed by atoms with E-state index in [0.717, 1.165) is 11.3 Å². The van der Waals surface area contributed by atoms with Gasteiger partial charge in [0.15, 0.2) is 6.10 Å². The van der Waals surface area contributed by atoms with Crippen molar-refractivity contribution >= 4 is 5.91 Å². The van der Waals surface area contributed by atoms with Crippen LogP contribution in [0.5, 0.6) is 11.5 Å². The van der Waals surface area contributed by atoms with Crippen LogP contribution in [0.15, 0.2) is 48.5 Å². The maximum atomic E-state index is 12.9. The first-order valence-electron chi connectivity index (χ1n) is 7.83. The van der Waals surface area contributed by atoms with Gasteiger partial charge in [0.25, 0.3) is 5.91 Å². The topological polar surface area (TPSA) is 38.8 Å². The summed E-state index contributed by atoms with van der Waals surface area (Å²) in [5.74, 6) is 0.809. The molecule has 1 amide bonds. The van der Waals surface area contributed by atoms with Crippen LogP contribution in [-0.4, -0.2) is 31.1 Å². The summed E-state index contributed by atoms with van der Waals surface area (Å²) in [6.07, 6.45) is -0.0675. The number of amides is 1. The summed E-state index contributed by atoms with van der Waals surface area (Å²) in [4.78, 5) is 14.2. The van der Waals surface area contributed by atoms with E-state index in [9.17, 15) is 9.18 Å². The molecule has 0 radical (unpaired) electrons. The molecule has 0 aliphatic heterocycles. The first-order chi connectivity index (χ1) is 11.5. The van der Waals surface area contributed by atoms with Gasteiger partial charge < -0.3 is 14.4 Å². The average molecular weight is 331 g/mol. The number of hydrogen-bond donors (Lipinski definition) is 0. The predicted molar refractivity (Wildman–Crippen MR) is 90.6 cm³/mol. The van der Waals surface area contributed by atoms with E-state index < -0.39 is 6.10 Å². The minimum Gasteiger partial charge on any atom is -0.497 e. The van der Waals surface area contributed by atoms with Crippen molar-refractivity contribution in [2.45, 2.75) is 26.0 Å². The molecule has 0 aliphatic rings. The highest BCUT2D eigenvalue weighted by Gasteiger charge is 2.22. The number of benzene rings is 2. The molecule has 0 unspecified atom stereocenters. The summed E-state index contributed by atoms with van der Waals surface area (Å²) >= 11 is 0. The third kappa shape index (κ3) is 4.72. The Hall–Kier alpha value is -2.56. The fourth-order valence-electron chi connectivity index (χ4n) is 2.31. The van der Waals surface area contributed by atoms with E-state index in [0.29, 0.717) is 18.7 Å². The molecule has 24 heavy (non-hydrogen) atoms. The highest BCUT2D eigenvalue weighted by Crippen LogP contribution is 2.17. The van der Waals surface area contributed by atoms with Crippen LogP contribution in [0.4, 0.5) is 4.39 Å². The van der Waals surface area contributed by atoms with E-state index in [1.165, 1.54) is 24.3 Å². The number of carbonyl (C=O) groups excluding carboxylic acids is 1. The number of hydrogen-bond acceptors (Lipinski definition) is 3. The number of nitrogens with zero attached hydrogens (tertiary/aromatic N) is 1. The van der Waals surface area contributed by atoms with E-state index in [1.54, 1.807) is 19.1 Å². The van der Waals surface area contributed by atoms with Crippen LogP contribution < -0.4 is 9.47 Å². The fourth-order valence-corrected chi connectivity index (χ4v) is 2.31. The number of likely N-dealkylation sites (N-methyl/N-ethyl adjacent to an activating group) is 1. The van der Waals surface area contributed by atoms with E-state index in [2.05, 4.69) is 0 Å². The number of methoxy groups -OCH3 is 1. The van der Waals surface area contributed by atoms with Crippen LogP contribution in [0.1, 0.15) is 18.9 Å². The minimum absolute atomic E-state index is 0.113. The Bertz CT molecular complexity index is 655. The molecule has 0 N–H and O–H groups in total. The Morgan fingerprint density at radius 1 is 1.08 bits per heavy atom. The van der Waals surface area contributed by atoms with Gasteiger partial charge in [0.1, 0.15) is 17.3 Å². The largest absolute Gasteiger partial charge is 0.497 e. The lowest BCUT2D eigenvalue weighted by Gasteiger charge is -2.24. The minimum atomic E-state index is -0.598. The molecular weight excluding hydrogens is 309 g/mol. The Balaban J connectivity index is 1.99. The third-order valence-electron chi connectivity index (χ3n) is 3.69. The first-order valence-corrected chi connectivity index (χ1v) is 7.83. The lowest BCUT2D eigenvalue weighted by molar-refractivity contribution is -0.138. The number of ether oxygens (including phenoxy) is 2. The summed E-state index contributed by atoms with van der Waals surface area (Å²) in [7, 11) is 3.35. The van der Waals surface area contributed by atoms with Crippen LogP contribution in [0.3, 0.4) is 0 Å². The molecule has 2 aromatic rings. The van der Waals surface area contributed by atoms with Crippen LogP contribution >= 0.6 is 0 Å². The van der Waals surface area contributed by atoms with Crippen molar-refractivity contribution in [3.63, 3.8) is 0 Å². The predicted octanol–water partition coefficient (Wildman–Crippen LogP) is 3.65. The quantitative estimate of drug-likeness (QED) is 0.777. The third-order valence-corrected chi connectivity index (χ3v) is 3.69. The highest BCUT2D eigenvalue weighted by molar-refractivity contribution is 5.81. The van der Waals surface area contributed by atoms with Gasteiger partial charge in [-0.05, 0) is 48.4 Å². The van der Waals surface area contributed by atoms with Gasteiger partial charge in [-0.3, -0.25) is 4.79 Å². The smallest absolute Gasteiger partial charge is 0.263 e. The van der Waals surface area contributed by atoms with Crippen LogP contribution in [-0.2, 0) is 11.3 Å². The van der Waals surface area contributed by atoms with Gasteiger partial charge in [0.2, 0.25) is 0 Å². The van der Waals surface area contributed by atoms with Crippen molar-refractivity contribution in [1.82, 2.24) is 4.90 Å². The van der Waals surface area contributed by atoms with Crippen molar-refractivity contribution in [2.75, 3.05) is 14.2 Å². The van der Waals surface area contributed by atoms with Crippen molar-refractivity contribution in [3.05, 3.63) is 59.9 Å². The Morgan fingerprint density at radius 2 is 1.67 bits per heavy atom. The summed E-state index contributed by atoms with van der Waals surface area (Å²) in [6, 6.07) is 13.2. The zero-order chi connectivity index (χ0) is 17.5. The van der Waals surface area contributed by atoms with E-state index >= 15 is 0 Å². The average Bonchev–Trinajstić information content (AvgIpc) is 2.61. The molecule has 2 aromatic carbocycles. The van der Waals surface area contributed by atoms with Gasteiger partial charge >= 0.3 is 0 Å². The molecule has 0 saturated carbocycles. The molecule has 2 rings (SSSR count). The van der Waals surface area contributed by atoms with Gasteiger partial charge in [-0.25, -0.2) is 4.39 Å². The van der Waals surface area contributed by atoms with Crippen molar-refractivity contribution in [1.29, 1.82) is 0 Å². The number of halogens is 1. The van der Waals surface area contributed by atoms with Gasteiger partial charge in [0, 0.05) is 13.6 Å². The zero-order valence-electron chi connectivity index (χ0n) is 14.2. The molecule has 0 saturated heterocycles. The number of rotatable bonds is 7. The zero-order valence-corrected chi connectivity index (χ0v) is 14.2. The lowest BCUT2D eigenvalue weighted by Crippen LogP contribution is -2.39. The lowest BCUT2D eigenvalue weighted by atomic mass is 10.2. The van der Waals surface area contributed by atoms with Crippen LogP contribution in [0, 0.1) is 5.82 Å². The molecule has 4 nitrogen and oxygen atoms in total. The van der Waals surface area contributed by atoms with Gasteiger partial charge in [-0.15, -0.1) is 0 Å². The van der Waals surface area contributed by atoms with Crippen molar-refractivity contribution < 1.29 is 18.7 Å². The maximum absolute atomic E-state index is 12.9. The number of carbonyl (C=O) groups is 1. The summed E-state index contributed by atoms with van der Waals surface area (Å²) in [6.45, 7) is 2.36. The molecule has 0 spiro atoms. The van der Waals surface area contributed by atoms with E-state index in [1.807, 2.05) is 31.2 Å². The Morgan fingerprint density at radius 3 is 2.21 bits per heavy atom. The summed E-state index contributed by atoms with van der Waals surface area (Å²) in [5.41, 5.74) is 1.00. The highest BCUT2D eigenvalue weighted by atomic mass is 19.1. The fraction of sp³-hybridized carbons (Fsp3) is 0.316. The van der Waals surface area contributed by atoms with E-state index in [4.69, 9.17) is 9.47 Å². The second kappa shape index (κ2) is 8.34. The molecule has 0 aromatic heterocycles. The first kappa shape index (κ1) is 17.8. The second-order valence-corrected chi connectivity index (χ2v) is 5.51. The molecule has 0 fully saturated rings. The molecule has 1 atom stereocenters. The maximum Gasteiger partial charge on any atom is 0.263 e. The molecule has 0 aliphatic carbocycles. The molecule has 0 heterocycles. The molecule has 0 bridgehead atoms. The molecule has 5 heteroatoms. The summed E-state index contributed by atoms with van der Waals surface area (Å²) < 4.78 is 23.8. The van der Waals surface area contributed by atoms with E-state index in [-0.39, 0.29) is 11.7 Å². The van der Waals surface area contributed by atoms with Crippen molar-refractivity contribution in [3.8, 4) is 11.5 Å². The standard InChI is InChI=1S/C19H22FNO3/c1-4-18(24-17-11-7-15(20)8-12-17)19(22)21(2)13-14-5-9-16(23-3)10-6-14/h5-12,18H,4,13H2,1-3H3/t18-/m1/s1. The molecular formula is C19H22FNO3. The SMILES string of the molecule is CC[C@@H](Oc1ccc(F)cc1)C(=O)N(C)Cc1ccc(OC)cc1. The Kier molecular flexibility index (Phi) is 6.18. The normalized spacial score (nSPS) is 11.7. The second-order valence-electron chi connectivity index (χ2n) is 5.51. The summed E-state index contributed by atoms with van der Waals surface area (Å²) in [5, 5.41) is 0. The van der Waals surface area contributed by atoms with Crippen LogP contribution in [0.25, 0.3) is 0 Å². The van der Waals surface area contributed by atoms with Crippen LogP contribution in [0.2, 0.25) is 0 Å². The monoisotopic (exact) mass is 331 g/mol. The Labute approximate surface area is 141 Å². The molecule has 128 valence electrons. The van der Waals surface area contributed by atoms with Gasteiger partial charge in [-0.1, -0.05) is 19.1 Å².